The molecule has 24 heavy (non-hydrogen) atoms. The molecule has 1 rings (SSSR count). The van der Waals surface area contributed by atoms with Crippen molar-refractivity contribution in [3.05, 3.63) is 24.3 Å². The molecule has 0 saturated heterocycles. The SMILES string of the molecule is CC(=O)Nc1ccc(S(=O)(=O)NC(=O)CC(C)OC(C)(C)C)cc1. The van der Waals surface area contributed by atoms with Gasteiger partial charge in [-0.2, -0.15) is 0 Å². The Kier molecular flexibility index (Phi) is 6.50. The van der Waals surface area contributed by atoms with Crippen LogP contribution in [-0.4, -0.2) is 31.9 Å². The Morgan fingerprint density at radius 2 is 1.71 bits per heavy atom. The van der Waals surface area contributed by atoms with Crippen molar-refractivity contribution in [2.24, 2.45) is 0 Å². The topological polar surface area (TPSA) is 102 Å². The maximum Gasteiger partial charge on any atom is 0.264 e. The minimum absolute atomic E-state index is 0.0608. The van der Waals surface area contributed by atoms with E-state index in [1.165, 1.54) is 31.2 Å². The van der Waals surface area contributed by atoms with E-state index in [1.54, 1.807) is 6.92 Å². The molecule has 0 spiro atoms. The van der Waals surface area contributed by atoms with Crippen molar-refractivity contribution in [1.82, 2.24) is 4.72 Å². The molecule has 7 nitrogen and oxygen atoms in total. The minimum Gasteiger partial charge on any atom is -0.372 e. The molecule has 0 bridgehead atoms. The van der Waals surface area contributed by atoms with Crippen LogP contribution in [0.25, 0.3) is 0 Å². The second-order valence-electron chi connectivity index (χ2n) is 6.48. The summed E-state index contributed by atoms with van der Waals surface area (Å²) in [7, 11) is -3.96. The van der Waals surface area contributed by atoms with Crippen LogP contribution in [0.15, 0.2) is 29.2 Å². The van der Waals surface area contributed by atoms with Gasteiger partial charge in [0.1, 0.15) is 0 Å². The van der Waals surface area contributed by atoms with Crippen molar-refractivity contribution < 1.29 is 22.7 Å². The molecule has 134 valence electrons. The third-order valence-corrected chi connectivity index (χ3v) is 4.15. The molecule has 0 radical (unpaired) electrons. The van der Waals surface area contributed by atoms with Gasteiger partial charge in [-0.05, 0) is 52.0 Å². The first-order valence-corrected chi connectivity index (χ1v) is 8.98. The highest BCUT2D eigenvalue weighted by molar-refractivity contribution is 7.90. The largest absolute Gasteiger partial charge is 0.372 e. The number of amides is 2. The first-order chi connectivity index (χ1) is 10.9. The molecule has 2 amide bonds. The number of anilines is 1. The lowest BCUT2D eigenvalue weighted by atomic mass is 10.1. The predicted octanol–water partition coefficient (Wildman–Crippen LogP) is 2.04. The zero-order chi connectivity index (χ0) is 18.5. The molecule has 0 saturated carbocycles. The van der Waals surface area contributed by atoms with Gasteiger partial charge in [-0.3, -0.25) is 9.59 Å². The van der Waals surface area contributed by atoms with Crippen LogP contribution < -0.4 is 10.0 Å². The maximum atomic E-state index is 12.2. The van der Waals surface area contributed by atoms with Gasteiger partial charge in [-0.25, -0.2) is 13.1 Å². The second-order valence-corrected chi connectivity index (χ2v) is 8.16. The van der Waals surface area contributed by atoms with E-state index in [0.29, 0.717) is 5.69 Å². The van der Waals surface area contributed by atoms with Gasteiger partial charge in [0, 0.05) is 12.6 Å². The predicted molar refractivity (Wildman–Crippen MR) is 91.0 cm³/mol. The van der Waals surface area contributed by atoms with Crippen LogP contribution in [0, 0.1) is 0 Å². The van der Waals surface area contributed by atoms with Crippen molar-refractivity contribution in [2.75, 3.05) is 5.32 Å². The third-order valence-electron chi connectivity index (χ3n) is 2.76. The zero-order valence-corrected chi connectivity index (χ0v) is 15.4. The fourth-order valence-electron chi connectivity index (χ4n) is 2.08. The van der Waals surface area contributed by atoms with E-state index in [2.05, 4.69) is 5.32 Å². The summed E-state index contributed by atoms with van der Waals surface area (Å²) in [6, 6.07) is 5.53. The van der Waals surface area contributed by atoms with E-state index in [4.69, 9.17) is 4.74 Å². The van der Waals surface area contributed by atoms with Crippen LogP contribution in [0.1, 0.15) is 41.0 Å². The highest BCUT2D eigenvalue weighted by atomic mass is 32.2. The van der Waals surface area contributed by atoms with E-state index in [1.807, 2.05) is 25.5 Å². The van der Waals surface area contributed by atoms with Crippen LogP contribution >= 0.6 is 0 Å². The number of carbonyl (C=O) groups excluding carboxylic acids is 2. The van der Waals surface area contributed by atoms with Gasteiger partial charge in [-0.1, -0.05) is 0 Å². The zero-order valence-electron chi connectivity index (χ0n) is 14.5. The van der Waals surface area contributed by atoms with Crippen molar-refractivity contribution >= 4 is 27.5 Å². The molecule has 0 aromatic heterocycles. The number of ether oxygens (including phenoxy) is 1. The van der Waals surface area contributed by atoms with Crippen LogP contribution in [-0.2, 0) is 24.3 Å². The Morgan fingerprint density at radius 3 is 2.17 bits per heavy atom. The quantitative estimate of drug-likeness (QED) is 0.812. The van der Waals surface area contributed by atoms with Crippen molar-refractivity contribution in [2.45, 2.75) is 57.6 Å². The smallest absolute Gasteiger partial charge is 0.264 e. The van der Waals surface area contributed by atoms with Crippen LogP contribution in [0.3, 0.4) is 0 Å². The van der Waals surface area contributed by atoms with Gasteiger partial charge in [0.2, 0.25) is 11.8 Å². The molecule has 2 N–H and O–H groups in total. The maximum absolute atomic E-state index is 12.2. The Hall–Kier alpha value is -1.93. The highest BCUT2D eigenvalue weighted by Gasteiger charge is 2.22. The van der Waals surface area contributed by atoms with Gasteiger partial charge in [0.05, 0.1) is 23.0 Å². The molecule has 0 aliphatic heterocycles. The summed E-state index contributed by atoms with van der Waals surface area (Å²) < 4.78 is 32.0. The number of hydrogen-bond donors (Lipinski definition) is 2. The van der Waals surface area contributed by atoms with Gasteiger partial charge in [0.15, 0.2) is 0 Å². The van der Waals surface area contributed by atoms with E-state index in [-0.39, 0.29) is 17.2 Å². The van der Waals surface area contributed by atoms with Gasteiger partial charge in [0.25, 0.3) is 10.0 Å². The standard InChI is InChI=1S/C16H24N2O5S/c1-11(23-16(3,4)5)10-15(20)18-24(21,22)14-8-6-13(7-9-14)17-12(2)19/h6-9,11H,10H2,1-5H3,(H,17,19)(H,18,20). The second kappa shape index (κ2) is 7.76. The van der Waals surface area contributed by atoms with Crippen molar-refractivity contribution in [3.8, 4) is 0 Å². The van der Waals surface area contributed by atoms with Crippen LogP contribution in [0.4, 0.5) is 5.69 Å². The monoisotopic (exact) mass is 356 g/mol. The number of carbonyl (C=O) groups is 2. The summed E-state index contributed by atoms with van der Waals surface area (Å²) in [6.07, 6.45) is -0.483. The van der Waals surface area contributed by atoms with E-state index in [9.17, 15) is 18.0 Å². The normalized spacial score (nSPS) is 13.2. The lowest BCUT2D eigenvalue weighted by molar-refractivity contribution is -0.125. The fraction of sp³-hybridized carbons (Fsp3) is 0.500. The Balaban J connectivity index is 2.71. The summed E-state index contributed by atoms with van der Waals surface area (Å²) >= 11 is 0. The fourth-order valence-corrected chi connectivity index (χ4v) is 3.07. The van der Waals surface area contributed by atoms with Crippen molar-refractivity contribution in [3.63, 3.8) is 0 Å². The van der Waals surface area contributed by atoms with Gasteiger partial charge < -0.3 is 10.1 Å². The average molecular weight is 356 g/mol. The Morgan fingerprint density at radius 1 is 1.17 bits per heavy atom. The molecule has 1 atom stereocenters. The van der Waals surface area contributed by atoms with Crippen molar-refractivity contribution in [1.29, 1.82) is 0 Å². The molecular formula is C16H24N2O5S. The molecule has 0 heterocycles. The number of rotatable bonds is 6. The molecule has 1 aromatic rings. The number of benzene rings is 1. The van der Waals surface area contributed by atoms with E-state index in [0.717, 1.165) is 0 Å². The summed E-state index contributed by atoms with van der Waals surface area (Å²) in [5, 5.41) is 2.53. The number of hydrogen-bond acceptors (Lipinski definition) is 5. The first kappa shape index (κ1) is 20.1. The molecule has 8 heteroatoms. The lowest BCUT2D eigenvalue weighted by Crippen LogP contribution is -2.35. The Bertz CT molecular complexity index is 690. The van der Waals surface area contributed by atoms with Gasteiger partial charge in [-0.15, -0.1) is 0 Å². The number of sulfonamides is 1. The molecule has 0 fully saturated rings. The van der Waals surface area contributed by atoms with Crippen LogP contribution in [0.2, 0.25) is 0 Å². The molecule has 1 unspecified atom stereocenters. The number of nitrogens with one attached hydrogen (secondary N) is 2. The van der Waals surface area contributed by atoms with E-state index >= 15 is 0 Å². The third kappa shape index (κ3) is 7.10. The average Bonchev–Trinajstić information content (AvgIpc) is 2.34. The Labute approximate surface area is 142 Å². The first-order valence-electron chi connectivity index (χ1n) is 7.50. The molecular weight excluding hydrogens is 332 g/mol. The lowest BCUT2D eigenvalue weighted by Gasteiger charge is -2.24. The molecule has 0 aliphatic carbocycles. The summed E-state index contributed by atoms with van der Waals surface area (Å²) in [6.45, 7) is 8.63. The van der Waals surface area contributed by atoms with Crippen LogP contribution in [0.5, 0.6) is 0 Å². The molecule has 1 aromatic carbocycles. The van der Waals surface area contributed by atoms with Gasteiger partial charge >= 0.3 is 0 Å². The van der Waals surface area contributed by atoms with E-state index < -0.39 is 27.6 Å². The summed E-state index contributed by atoms with van der Waals surface area (Å²) in [4.78, 5) is 22.8. The highest BCUT2D eigenvalue weighted by Crippen LogP contribution is 2.15. The summed E-state index contributed by atoms with van der Waals surface area (Å²) in [5.74, 6) is -0.899. The minimum atomic E-state index is -3.96. The summed E-state index contributed by atoms with van der Waals surface area (Å²) in [5.41, 5.74) is 0.0537. The molecule has 0 aliphatic rings.